The summed E-state index contributed by atoms with van der Waals surface area (Å²) in [6.07, 6.45) is 1.78. The van der Waals surface area contributed by atoms with Gasteiger partial charge in [-0.2, -0.15) is 0 Å². The van der Waals surface area contributed by atoms with Crippen molar-refractivity contribution in [2.45, 2.75) is 13.5 Å². The molecule has 130 valence electrons. The normalized spacial score (nSPS) is 17.4. The van der Waals surface area contributed by atoms with Crippen molar-refractivity contribution >= 4 is 22.8 Å². The van der Waals surface area contributed by atoms with Crippen molar-refractivity contribution in [3.63, 3.8) is 0 Å². The minimum absolute atomic E-state index is 0.193. The van der Waals surface area contributed by atoms with E-state index < -0.39 is 0 Å². The van der Waals surface area contributed by atoms with Gasteiger partial charge in [-0.3, -0.25) is 9.98 Å². The maximum Gasteiger partial charge on any atom is 0.148 e. The molecule has 1 aromatic carbocycles. The SMILES string of the molecule is CC1=NCc2ncc(Nc3ccc(N4CCN(C)CC4)c(F)c3)cc21. The van der Waals surface area contributed by atoms with Gasteiger partial charge in [-0.15, -0.1) is 0 Å². The molecule has 5 nitrogen and oxygen atoms in total. The van der Waals surface area contributed by atoms with Crippen LogP contribution in [0.15, 0.2) is 35.5 Å². The number of piperazine rings is 1. The molecular weight excluding hydrogens is 317 g/mol. The van der Waals surface area contributed by atoms with Gasteiger partial charge in [0.15, 0.2) is 0 Å². The molecule has 0 unspecified atom stereocenters. The number of pyridine rings is 1. The molecule has 2 aromatic rings. The lowest BCUT2D eigenvalue weighted by Gasteiger charge is -2.34. The number of hydrogen-bond donors (Lipinski definition) is 1. The molecule has 2 aliphatic heterocycles. The maximum absolute atomic E-state index is 14.6. The van der Waals surface area contributed by atoms with Gasteiger partial charge in [-0.25, -0.2) is 4.39 Å². The Morgan fingerprint density at radius 2 is 1.88 bits per heavy atom. The average Bonchev–Trinajstić information content (AvgIpc) is 2.97. The predicted octanol–water partition coefficient (Wildman–Crippen LogP) is 3.04. The highest BCUT2D eigenvalue weighted by Crippen LogP contribution is 2.27. The Labute approximate surface area is 147 Å². The van der Waals surface area contributed by atoms with Crippen LogP contribution < -0.4 is 10.2 Å². The first kappa shape index (κ1) is 16.0. The van der Waals surface area contributed by atoms with Gasteiger partial charge in [0.05, 0.1) is 29.8 Å². The van der Waals surface area contributed by atoms with Crippen molar-refractivity contribution in [1.82, 2.24) is 9.88 Å². The van der Waals surface area contributed by atoms with Crippen LogP contribution in [-0.2, 0) is 6.54 Å². The number of benzene rings is 1. The molecule has 3 heterocycles. The summed E-state index contributed by atoms with van der Waals surface area (Å²) >= 11 is 0. The van der Waals surface area contributed by atoms with Crippen LogP contribution in [0.4, 0.5) is 21.5 Å². The second-order valence-corrected chi connectivity index (χ2v) is 6.70. The molecule has 0 spiro atoms. The Kier molecular flexibility index (Phi) is 4.13. The van der Waals surface area contributed by atoms with Crippen molar-refractivity contribution in [2.24, 2.45) is 4.99 Å². The van der Waals surface area contributed by atoms with Crippen molar-refractivity contribution in [3.05, 3.63) is 47.5 Å². The summed E-state index contributed by atoms with van der Waals surface area (Å²) in [5.41, 5.74) is 5.32. The Morgan fingerprint density at radius 1 is 1.08 bits per heavy atom. The second-order valence-electron chi connectivity index (χ2n) is 6.70. The third-order valence-electron chi connectivity index (χ3n) is 4.91. The summed E-state index contributed by atoms with van der Waals surface area (Å²) in [4.78, 5) is 13.2. The van der Waals surface area contributed by atoms with Gasteiger partial charge in [-0.1, -0.05) is 0 Å². The largest absolute Gasteiger partial charge is 0.367 e. The number of nitrogens with zero attached hydrogens (tertiary/aromatic N) is 4. The number of fused-ring (bicyclic) bond motifs is 1. The molecular formula is C19H22FN5. The molecule has 25 heavy (non-hydrogen) atoms. The zero-order valence-electron chi connectivity index (χ0n) is 14.6. The van der Waals surface area contributed by atoms with E-state index in [9.17, 15) is 4.39 Å². The lowest BCUT2D eigenvalue weighted by Crippen LogP contribution is -2.44. The molecule has 0 amide bonds. The zero-order chi connectivity index (χ0) is 17.4. The summed E-state index contributed by atoms with van der Waals surface area (Å²) in [6, 6.07) is 7.36. The minimum Gasteiger partial charge on any atom is -0.367 e. The van der Waals surface area contributed by atoms with Gasteiger partial charge >= 0.3 is 0 Å². The first-order chi connectivity index (χ1) is 12.1. The summed E-state index contributed by atoms with van der Waals surface area (Å²) in [7, 11) is 2.10. The number of aliphatic imine (C=N–C) groups is 1. The zero-order valence-corrected chi connectivity index (χ0v) is 14.6. The van der Waals surface area contributed by atoms with E-state index in [2.05, 4.69) is 32.1 Å². The molecule has 0 radical (unpaired) electrons. The van der Waals surface area contributed by atoms with E-state index in [1.807, 2.05) is 25.1 Å². The van der Waals surface area contributed by atoms with Crippen LogP contribution in [0.1, 0.15) is 18.2 Å². The Hall–Kier alpha value is -2.47. The number of halogens is 1. The summed E-state index contributed by atoms with van der Waals surface area (Å²) < 4.78 is 14.6. The number of rotatable bonds is 3. The lowest BCUT2D eigenvalue weighted by molar-refractivity contribution is 0.311. The smallest absolute Gasteiger partial charge is 0.148 e. The van der Waals surface area contributed by atoms with Gasteiger partial charge in [-0.05, 0) is 38.2 Å². The van der Waals surface area contributed by atoms with Crippen molar-refractivity contribution < 1.29 is 4.39 Å². The van der Waals surface area contributed by atoms with Crippen LogP contribution in [0, 0.1) is 5.82 Å². The molecule has 0 aliphatic carbocycles. The Morgan fingerprint density at radius 3 is 2.64 bits per heavy atom. The van der Waals surface area contributed by atoms with Crippen LogP contribution in [0.25, 0.3) is 0 Å². The van der Waals surface area contributed by atoms with Crippen LogP contribution in [-0.4, -0.2) is 48.8 Å². The monoisotopic (exact) mass is 339 g/mol. The topological polar surface area (TPSA) is 43.8 Å². The molecule has 1 fully saturated rings. The van der Waals surface area contributed by atoms with Crippen LogP contribution >= 0.6 is 0 Å². The van der Waals surface area contributed by atoms with E-state index in [1.54, 1.807) is 12.3 Å². The Bertz CT molecular complexity index is 825. The van der Waals surface area contributed by atoms with Crippen LogP contribution in [0.2, 0.25) is 0 Å². The lowest BCUT2D eigenvalue weighted by atomic mass is 10.1. The summed E-state index contributed by atoms with van der Waals surface area (Å²) in [5.74, 6) is -0.193. The number of anilines is 3. The first-order valence-electron chi connectivity index (χ1n) is 8.60. The standard InChI is InChI=1S/C19H22FN5/c1-13-16-9-15(11-22-18(16)12-21-13)23-14-3-4-19(17(20)10-14)25-7-5-24(2)6-8-25/h3-4,9-11,23H,5-8,12H2,1-2H3. The minimum atomic E-state index is -0.193. The summed E-state index contributed by atoms with van der Waals surface area (Å²) in [6.45, 7) is 6.26. The third kappa shape index (κ3) is 3.22. The van der Waals surface area contributed by atoms with E-state index in [0.717, 1.165) is 54.5 Å². The Balaban J connectivity index is 1.51. The fraction of sp³-hybridized carbons (Fsp3) is 0.368. The molecule has 0 bridgehead atoms. The van der Waals surface area contributed by atoms with Gasteiger partial charge in [0.1, 0.15) is 5.82 Å². The molecule has 1 saturated heterocycles. The predicted molar refractivity (Wildman–Crippen MR) is 99.5 cm³/mol. The fourth-order valence-electron chi connectivity index (χ4n) is 3.33. The van der Waals surface area contributed by atoms with Crippen LogP contribution in [0.5, 0.6) is 0 Å². The maximum atomic E-state index is 14.6. The third-order valence-corrected chi connectivity index (χ3v) is 4.91. The van der Waals surface area contributed by atoms with Crippen LogP contribution in [0.3, 0.4) is 0 Å². The molecule has 2 aliphatic rings. The van der Waals surface area contributed by atoms with Crippen molar-refractivity contribution in [2.75, 3.05) is 43.4 Å². The summed E-state index contributed by atoms with van der Waals surface area (Å²) in [5, 5.41) is 3.25. The van der Waals surface area contributed by atoms with E-state index in [0.29, 0.717) is 12.2 Å². The highest BCUT2D eigenvalue weighted by Gasteiger charge is 2.18. The second kappa shape index (κ2) is 6.44. The fourth-order valence-corrected chi connectivity index (χ4v) is 3.33. The van der Waals surface area contributed by atoms with Gasteiger partial charge in [0, 0.05) is 43.1 Å². The molecule has 1 aromatic heterocycles. The van der Waals surface area contributed by atoms with E-state index in [1.165, 1.54) is 0 Å². The molecule has 1 N–H and O–H groups in total. The van der Waals surface area contributed by atoms with E-state index in [-0.39, 0.29) is 5.82 Å². The number of aromatic nitrogens is 1. The van der Waals surface area contributed by atoms with Gasteiger partial charge in [0.25, 0.3) is 0 Å². The van der Waals surface area contributed by atoms with Crippen molar-refractivity contribution in [3.8, 4) is 0 Å². The average molecular weight is 339 g/mol. The molecule has 0 saturated carbocycles. The molecule has 4 rings (SSSR count). The highest BCUT2D eigenvalue weighted by atomic mass is 19.1. The van der Waals surface area contributed by atoms with E-state index >= 15 is 0 Å². The van der Waals surface area contributed by atoms with E-state index in [4.69, 9.17) is 0 Å². The van der Waals surface area contributed by atoms with Gasteiger partial charge in [0.2, 0.25) is 0 Å². The molecule has 6 heteroatoms. The molecule has 0 atom stereocenters. The first-order valence-corrected chi connectivity index (χ1v) is 8.60. The highest BCUT2D eigenvalue weighted by molar-refractivity contribution is 6.02. The number of nitrogens with one attached hydrogen (secondary N) is 1. The quantitative estimate of drug-likeness (QED) is 0.933. The number of likely N-dealkylation sites (N-methyl/N-ethyl adjacent to an activating group) is 1. The number of hydrogen-bond acceptors (Lipinski definition) is 5. The van der Waals surface area contributed by atoms with Crippen molar-refractivity contribution in [1.29, 1.82) is 0 Å². The van der Waals surface area contributed by atoms with Gasteiger partial charge < -0.3 is 15.1 Å².